The normalized spacial score (nSPS) is 36.5. The molecule has 0 radical (unpaired) electrons. The van der Waals surface area contributed by atoms with Gasteiger partial charge in [-0.1, -0.05) is 6.42 Å². The molecule has 0 aromatic rings. The molecule has 0 bridgehead atoms. The minimum absolute atomic E-state index is 0.723. The Hall–Kier alpha value is -0.0800. The van der Waals surface area contributed by atoms with Crippen molar-refractivity contribution in [1.29, 1.82) is 0 Å². The molecule has 2 rings (SSSR count). The van der Waals surface area contributed by atoms with E-state index in [1.807, 2.05) is 0 Å². The highest BCUT2D eigenvalue weighted by atomic mass is 15.0. The quantitative estimate of drug-likeness (QED) is 0.691. The van der Waals surface area contributed by atoms with Crippen LogP contribution in [0.2, 0.25) is 0 Å². The SMILES string of the molecule is CC(NC1CCCC1CN)C1CC1. The second-order valence-electron chi connectivity index (χ2n) is 4.83. The van der Waals surface area contributed by atoms with Gasteiger partial charge in [-0.15, -0.1) is 0 Å². The second-order valence-corrected chi connectivity index (χ2v) is 4.83. The van der Waals surface area contributed by atoms with E-state index >= 15 is 0 Å². The molecule has 2 fully saturated rings. The Bertz CT molecular complexity index is 165. The predicted octanol–water partition coefficient (Wildman–Crippen LogP) is 1.50. The highest BCUT2D eigenvalue weighted by Crippen LogP contribution is 2.34. The van der Waals surface area contributed by atoms with E-state index in [4.69, 9.17) is 5.73 Å². The summed E-state index contributed by atoms with van der Waals surface area (Å²) in [6.45, 7) is 3.21. The van der Waals surface area contributed by atoms with E-state index in [1.165, 1.54) is 32.1 Å². The van der Waals surface area contributed by atoms with Gasteiger partial charge in [0.2, 0.25) is 0 Å². The number of nitrogens with two attached hydrogens (primary N) is 1. The zero-order valence-corrected chi connectivity index (χ0v) is 8.63. The van der Waals surface area contributed by atoms with Crippen molar-refractivity contribution in [2.45, 2.75) is 51.1 Å². The van der Waals surface area contributed by atoms with Crippen LogP contribution in [0.15, 0.2) is 0 Å². The van der Waals surface area contributed by atoms with Crippen molar-refractivity contribution in [3.63, 3.8) is 0 Å². The van der Waals surface area contributed by atoms with Gasteiger partial charge in [0, 0.05) is 12.1 Å². The van der Waals surface area contributed by atoms with E-state index < -0.39 is 0 Å². The summed E-state index contributed by atoms with van der Waals surface area (Å²) in [4.78, 5) is 0. The van der Waals surface area contributed by atoms with Crippen LogP contribution in [-0.2, 0) is 0 Å². The molecule has 3 unspecified atom stereocenters. The lowest BCUT2D eigenvalue weighted by Gasteiger charge is -2.24. The molecular formula is C11H22N2. The fraction of sp³-hybridized carbons (Fsp3) is 1.00. The number of rotatable bonds is 4. The molecule has 0 amide bonds. The minimum atomic E-state index is 0.723. The summed E-state index contributed by atoms with van der Waals surface area (Å²) in [5.74, 6) is 1.72. The maximum atomic E-state index is 5.75. The van der Waals surface area contributed by atoms with Gasteiger partial charge in [0.1, 0.15) is 0 Å². The van der Waals surface area contributed by atoms with E-state index in [0.29, 0.717) is 0 Å². The molecule has 0 spiro atoms. The first-order valence-corrected chi connectivity index (χ1v) is 5.77. The van der Waals surface area contributed by atoms with Crippen LogP contribution in [0.4, 0.5) is 0 Å². The van der Waals surface area contributed by atoms with E-state index in [-0.39, 0.29) is 0 Å². The number of hydrogen-bond acceptors (Lipinski definition) is 2. The molecular weight excluding hydrogens is 160 g/mol. The maximum absolute atomic E-state index is 5.75. The molecule has 0 aromatic carbocycles. The molecule has 2 aliphatic carbocycles. The Morgan fingerprint density at radius 3 is 2.69 bits per heavy atom. The molecule has 0 aliphatic heterocycles. The average molecular weight is 182 g/mol. The van der Waals surface area contributed by atoms with Crippen molar-refractivity contribution in [2.75, 3.05) is 6.54 Å². The van der Waals surface area contributed by atoms with Gasteiger partial charge >= 0.3 is 0 Å². The highest BCUT2D eigenvalue weighted by Gasteiger charge is 2.32. The van der Waals surface area contributed by atoms with E-state index in [0.717, 1.165) is 30.5 Å². The molecule has 13 heavy (non-hydrogen) atoms. The summed E-state index contributed by atoms with van der Waals surface area (Å²) in [6, 6.07) is 1.46. The largest absolute Gasteiger partial charge is 0.330 e. The first-order valence-electron chi connectivity index (χ1n) is 5.77. The van der Waals surface area contributed by atoms with E-state index in [9.17, 15) is 0 Å². The van der Waals surface area contributed by atoms with E-state index in [2.05, 4.69) is 12.2 Å². The molecule has 2 saturated carbocycles. The molecule has 76 valence electrons. The van der Waals surface area contributed by atoms with Crippen LogP contribution in [0, 0.1) is 11.8 Å². The Morgan fingerprint density at radius 2 is 2.08 bits per heavy atom. The summed E-state index contributed by atoms with van der Waals surface area (Å²) >= 11 is 0. The van der Waals surface area contributed by atoms with Crippen molar-refractivity contribution < 1.29 is 0 Å². The molecule has 0 saturated heterocycles. The summed E-state index contributed by atoms with van der Waals surface area (Å²) < 4.78 is 0. The zero-order valence-electron chi connectivity index (χ0n) is 8.63. The van der Waals surface area contributed by atoms with Gasteiger partial charge in [-0.25, -0.2) is 0 Å². The monoisotopic (exact) mass is 182 g/mol. The molecule has 0 aromatic heterocycles. The second kappa shape index (κ2) is 3.97. The van der Waals surface area contributed by atoms with Crippen molar-refractivity contribution in [1.82, 2.24) is 5.32 Å². The van der Waals surface area contributed by atoms with Crippen molar-refractivity contribution in [3.8, 4) is 0 Å². The third kappa shape index (κ3) is 2.23. The first kappa shape index (κ1) is 9.47. The molecule has 2 nitrogen and oxygen atoms in total. The van der Waals surface area contributed by atoms with Crippen molar-refractivity contribution >= 4 is 0 Å². The van der Waals surface area contributed by atoms with Crippen LogP contribution in [0.25, 0.3) is 0 Å². The molecule has 3 N–H and O–H groups in total. The van der Waals surface area contributed by atoms with Gasteiger partial charge in [-0.05, 0) is 51.0 Å². The maximum Gasteiger partial charge on any atom is 0.0110 e. The topological polar surface area (TPSA) is 38.0 Å². The Kier molecular flexibility index (Phi) is 2.89. The first-order chi connectivity index (χ1) is 6.31. The van der Waals surface area contributed by atoms with Crippen LogP contribution in [0.1, 0.15) is 39.0 Å². The third-order valence-electron chi connectivity index (χ3n) is 3.77. The lowest BCUT2D eigenvalue weighted by atomic mass is 10.0. The van der Waals surface area contributed by atoms with Crippen molar-refractivity contribution in [3.05, 3.63) is 0 Å². The lowest BCUT2D eigenvalue weighted by molar-refractivity contribution is 0.352. The average Bonchev–Trinajstić information content (AvgIpc) is 2.88. The Labute approximate surface area is 81.3 Å². The van der Waals surface area contributed by atoms with Gasteiger partial charge in [-0.2, -0.15) is 0 Å². The predicted molar refractivity (Wildman–Crippen MR) is 55.5 cm³/mol. The van der Waals surface area contributed by atoms with Crippen LogP contribution in [-0.4, -0.2) is 18.6 Å². The number of hydrogen-bond donors (Lipinski definition) is 2. The fourth-order valence-corrected chi connectivity index (χ4v) is 2.61. The Morgan fingerprint density at radius 1 is 1.31 bits per heavy atom. The van der Waals surface area contributed by atoms with Crippen LogP contribution in [0.3, 0.4) is 0 Å². The van der Waals surface area contributed by atoms with Crippen LogP contribution in [0.5, 0.6) is 0 Å². The number of nitrogens with one attached hydrogen (secondary N) is 1. The zero-order chi connectivity index (χ0) is 9.26. The van der Waals surface area contributed by atoms with Gasteiger partial charge in [0.05, 0.1) is 0 Å². The fourth-order valence-electron chi connectivity index (χ4n) is 2.61. The summed E-state index contributed by atoms with van der Waals surface area (Å²) in [6.07, 6.45) is 6.93. The van der Waals surface area contributed by atoms with Crippen molar-refractivity contribution in [2.24, 2.45) is 17.6 Å². The minimum Gasteiger partial charge on any atom is -0.330 e. The van der Waals surface area contributed by atoms with Crippen LogP contribution >= 0.6 is 0 Å². The molecule has 3 atom stereocenters. The van der Waals surface area contributed by atoms with Gasteiger partial charge in [0.25, 0.3) is 0 Å². The van der Waals surface area contributed by atoms with Crippen LogP contribution < -0.4 is 11.1 Å². The summed E-state index contributed by atoms with van der Waals surface area (Å²) in [5, 5.41) is 3.76. The lowest BCUT2D eigenvalue weighted by Crippen LogP contribution is -2.42. The molecule has 0 heterocycles. The summed E-state index contributed by atoms with van der Waals surface area (Å²) in [5.41, 5.74) is 5.75. The summed E-state index contributed by atoms with van der Waals surface area (Å²) in [7, 11) is 0. The van der Waals surface area contributed by atoms with Gasteiger partial charge in [0.15, 0.2) is 0 Å². The van der Waals surface area contributed by atoms with E-state index in [1.54, 1.807) is 0 Å². The van der Waals surface area contributed by atoms with Gasteiger partial charge < -0.3 is 11.1 Å². The molecule has 2 aliphatic rings. The third-order valence-corrected chi connectivity index (χ3v) is 3.77. The Balaban J connectivity index is 1.78. The smallest absolute Gasteiger partial charge is 0.0110 e. The molecule has 2 heteroatoms. The van der Waals surface area contributed by atoms with Gasteiger partial charge in [-0.3, -0.25) is 0 Å². The standard InChI is InChI=1S/C11H22N2/c1-8(9-5-6-9)13-11-4-2-3-10(11)7-12/h8-11,13H,2-7,12H2,1H3. The highest BCUT2D eigenvalue weighted by molar-refractivity contribution is 4.90.